The first-order valence-corrected chi connectivity index (χ1v) is 9.16. The summed E-state index contributed by atoms with van der Waals surface area (Å²) in [6, 6.07) is 7.60. The van der Waals surface area contributed by atoms with Crippen LogP contribution in [0.1, 0.15) is 11.1 Å². The Labute approximate surface area is 181 Å². The molecule has 26 heavy (non-hydrogen) atoms. The van der Waals surface area contributed by atoms with Gasteiger partial charge < -0.3 is 24.8 Å². The van der Waals surface area contributed by atoms with Crippen LogP contribution >= 0.6 is 0 Å². The average molecular weight is 432 g/mol. The van der Waals surface area contributed by atoms with Gasteiger partial charge in [-0.3, -0.25) is 0 Å². The van der Waals surface area contributed by atoms with Gasteiger partial charge in [0.05, 0.1) is 9.79 Å². The number of hydrogen-bond donors (Lipinski definition) is 2. The molecule has 0 atom stereocenters. The van der Waals surface area contributed by atoms with Crippen molar-refractivity contribution >= 4 is 58.0 Å². The van der Waals surface area contributed by atoms with E-state index in [1.165, 1.54) is 38.1 Å². The van der Waals surface area contributed by atoms with Gasteiger partial charge in [0.1, 0.15) is 31.7 Å². The molecule has 12 heteroatoms. The van der Waals surface area contributed by atoms with Crippen molar-refractivity contribution in [3.8, 4) is 11.5 Å². The van der Waals surface area contributed by atoms with Crippen LogP contribution in [0.15, 0.2) is 46.2 Å². The average Bonchev–Trinajstić information content (AvgIpc) is 2.43. The fourth-order valence-corrected chi connectivity index (χ4v) is 3.20. The Kier molecular flexibility index (Phi) is 10.9. The summed E-state index contributed by atoms with van der Waals surface area (Å²) in [6.45, 7) is 2.75. The third-order valence-corrected chi connectivity index (χ3v) is 5.01. The van der Waals surface area contributed by atoms with E-state index in [4.69, 9.17) is 10.2 Å². The van der Waals surface area contributed by atoms with Crippen molar-refractivity contribution in [2.75, 3.05) is 0 Å². The number of hydrogen-bond acceptors (Lipinski definition) is 8. The maximum Gasteiger partial charge on any atom is 2.00 e. The monoisotopic (exact) mass is 432 g/mol. The molecular formula is C14H16CaO9S2. The van der Waals surface area contributed by atoms with Gasteiger partial charge in [0.2, 0.25) is 0 Å². The summed E-state index contributed by atoms with van der Waals surface area (Å²) >= 11 is 0. The SMILES string of the molecule is Cc1c(O)cccc1S(=O)(=O)[O-].Cc1c(O)cccc1S(=O)(=O)[O-].O.[Ca+2]. The van der Waals surface area contributed by atoms with Crippen LogP contribution in [-0.4, -0.2) is 79.4 Å². The van der Waals surface area contributed by atoms with Gasteiger partial charge in [-0.05, 0) is 38.1 Å². The van der Waals surface area contributed by atoms with Crippen molar-refractivity contribution in [3.05, 3.63) is 47.5 Å². The minimum absolute atomic E-state index is 0. The molecule has 0 saturated carbocycles. The zero-order valence-electron chi connectivity index (χ0n) is 13.8. The Hall–Kier alpha value is -0.920. The van der Waals surface area contributed by atoms with Crippen molar-refractivity contribution in [1.82, 2.24) is 0 Å². The fourth-order valence-electron chi connectivity index (χ4n) is 1.75. The molecule has 0 heterocycles. The normalized spacial score (nSPS) is 10.6. The van der Waals surface area contributed by atoms with Gasteiger partial charge in [-0.15, -0.1) is 0 Å². The number of benzene rings is 2. The van der Waals surface area contributed by atoms with Gasteiger partial charge in [-0.2, -0.15) is 0 Å². The van der Waals surface area contributed by atoms with Crippen LogP contribution < -0.4 is 0 Å². The minimum Gasteiger partial charge on any atom is -0.744 e. The Morgan fingerprint density at radius 3 is 1.19 bits per heavy atom. The molecule has 0 fully saturated rings. The third-order valence-electron chi connectivity index (χ3n) is 3.05. The first-order chi connectivity index (χ1) is 10.9. The molecule has 0 saturated heterocycles. The molecule has 0 unspecified atom stereocenters. The van der Waals surface area contributed by atoms with Crippen LogP contribution in [0.4, 0.5) is 0 Å². The van der Waals surface area contributed by atoms with E-state index in [1.807, 2.05) is 0 Å². The molecule has 2 aromatic carbocycles. The number of aromatic hydroxyl groups is 2. The molecule has 0 aliphatic heterocycles. The molecule has 9 nitrogen and oxygen atoms in total. The predicted molar refractivity (Wildman–Crippen MR) is 91.0 cm³/mol. The Balaban J connectivity index is 0. The van der Waals surface area contributed by atoms with Gasteiger partial charge in [0.15, 0.2) is 0 Å². The van der Waals surface area contributed by atoms with Crippen molar-refractivity contribution in [1.29, 1.82) is 0 Å². The molecule has 0 aliphatic carbocycles. The molecule has 2 rings (SSSR count). The van der Waals surface area contributed by atoms with E-state index in [-0.39, 0.29) is 75.6 Å². The first kappa shape index (κ1) is 27.3. The van der Waals surface area contributed by atoms with E-state index in [9.17, 15) is 25.9 Å². The first-order valence-electron chi connectivity index (χ1n) is 6.34. The summed E-state index contributed by atoms with van der Waals surface area (Å²) in [4.78, 5) is -0.745. The van der Waals surface area contributed by atoms with E-state index in [2.05, 4.69) is 0 Å². The van der Waals surface area contributed by atoms with Crippen LogP contribution in [0.25, 0.3) is 0 Å². The molecule has 140 valence electrons. The largest absolute Gasteiger partial charge is 2.00 e. The van der Waals surface area contributed by atoms with Crippen LogP contribution in [0.5, 0.6) is 11.5 Å². The zero-order chi connectivity index (χ0) is 18.7. The third kappa shape index (κ3) is 7.37. The zero-order valence-corrected chi connectivity index (χ0v) is 17.7. The van der Waals surface area contributed by atoms with Gasteiger partial charge in [-0.25, -0.2) is 16.8 Å². The Bertz CT molecular complexity index is 875. The van der Waals surface area contributed by atoms with E-state index < -0.39 is 20.2 Å². The number of rotatable bonds is 2. The summed E-state index contributed by atoms with van der Waals surface area (Å²) in [6.07, 6.45) is 0. The van der Waals surface area contributed by atoms with Gasteiger partial charge in [0, 0.05) is 11.1 Å². The summed E-state index contributed by atoms with van der Waals surface area (Å²) in [5.74, 6) is -0.376. The van der Waals surface area contributed by atoms with Crippen LogP contribution in [0.2, 0.25) is 0 Å². The van der Waals surface area contributed by atoms with Gasteiger partial charge in [0.25, 0.3) is 0 Å². The maximum atomic E-state index is 10.5. The molecule has 0 aliphatic rings. The minimum atomic E-state index is -4.47. The van der Waals surface area contributed by atoms with Crippen LogP contribution in [-0.2, 0) is 20.2 Å². The second kappa shape index (κ2) is 10.4. The number of phenolic OH excluding ortho intramolecular Hbond substituents is 2. The molecule has 0 radical (unpaired) electrons. The smallest absolute Gasteiger partial charge is 0.744 e. The van der Waals surface area contributed by atoms with E-state index in [0.29, 0.717) is 0 Å². The Morgan fingerprint density at radius 2 is 1.00 bits per heavy atom. The summed E-state index contributed by atoms with van der Waals surface area (Å²) in [5, 5.41) is 18.1. The van der Waals surface area contributed by atoms with Gasteiger partial charge >= 0.3 is 37.7 Å². The topological polar surface area (TPSA) is 186 Å². The Morgan fingerprint density at radius 1 is 0.731 bits per heavy atom. The molecular weight excluding hydrogens is 416 g/mol. The van der Waals surface area contributed by atoms with Crippen molar-refractivity contribution in [2.45, 2.75) is 23.6 Å². The van der Waals surface area contributed by atoms with Crippen LogP contribution in [0.3, 0.4) is 0 Å². The molecule has 0 bridgehead atoms. The standard InChI is InChI=1S/2C7H8O4S.Ca.H2O/c2*1-5-6(8)3-2-4-7(5)12(9,10)11;;/h2*2-4,8H,1H3,(H,9,10,11);;1H2/q;;+2;/p-2. The molecule has 0 spiro atoms. The van der Waals surface area contributed by atoms with E-state index >= 15 is 0 Å². The van der Waals surface area contributed by atoms with E-state index in [1.54, 1.807) is 0 Å². The van der Waals surface area contributed by atoms with E-state index in [0.717, 1.165) is 12.1 Å². The van der Waals surface area contributed by atoms with Crippen molar-refractivity contribution in [3.63, 3.8) is 0 Å². The number of phenols is 2. The quantitative estimate of drug-likeness (QED) is 0.490. The van der Waals surface area contributed by atoms with Crippen LogP contribution in [0, 0.1) is 13.8 Å². The summed E-state index contributed by atoms with van der Waals surface area (Å²) < 4.78 is 63.2. The molecule has 2 aromatic rings. The molecule has 0 amide bonds. The summed E-state index contributed by atoms with van der Waals surface area (Å²) in [5.41, 5.74) is 0.181. The molecule has 0 aromatic heterocycles. The predicted octanol–water partition coefficient (Wildman–Crippen LogP) is 0.00394. The molecule has 4 N–H and O–H groups in total. The fraction of sp³-hybridized carbons (Fsp3) is 0.143. The van der Waals surface area contributed by atoms with Gasteiger partial charge in [-0.1, -0.05) is 12.1 Å². The summed E-state index contributed by atoms with van der Waals surface area (Å²) in [7, 11) is -8.93. The maximum absolute atomic E-state index is 10.5. The second-order valence-electron chi connectivity index (χ2n) is 4.71. The van der Waals surface area contributed by atoms with Crippen molar-refractivity contribution in [2.24, 2.45) is 0 Å². The van der Waals surface area contributed by atoms with Crippen molar-refractivity contribution < 1.29 is 41.6 Å². The second-order valence-corrected chi connectivity index (χ2v) is 7.40.